The number of nitrogens with zero attached hydrogens (tertiary/aromatic N) is 2. The molecule has 0 aliphatic carbocycles. The van der Waals surface area contributed by atoms with Crippen LogP contribution in [0.2, 0.25) is 0 Å². The van der Waals surface area contributed by atoms with Gasteiger partial charge in [0, 0.05) is 18.2 Å². The topological polar surface area (TPSA) is 79.0 Å². The summed E-state index contributed by atoms with van der Waals surface area (Å²) in [5, 5.41) is 23.3. The van der Waals surface area contributed by atoms with Gasteiger partial charge in [0.25, 0.3) is 5.69 Å². The lowest BCUT2D eigenvalue weighted by Gasteiger charge is -2.31. The summed E-state index contributed by atoms with van der Waals surface area (Å²) in [6, 6.07) is 6.76. The first kappa shape index (κ1) is 16.1. The van der Waals surface area contributed by atoms with Crippen molar-refractivity contribution in [1.82, 2.24) is 5.32 Å². The lowest BCUT2D eigenvalue weighted by atomic mass is 9.82. The number of non-ortho nitro benzene ring substituents is 1. The van der Waals surface area contributed by atoms with Crippen LogP contribution in [0.1, 0.15) is 38.8 Å². The van der Waals surface area contributed by atoms with E-state index in [-0.39, 0.29) is 17.1 Å². The highest BCUT2D eigenvalue weighted by molar-refractivity contribution is 5.46. The molecule has 0 saturated carbocycles. The summed E-state index contributed by atoms with van der Waals surface area (Å²) >= 11 is 0. The Balaban J connectivity index is 3.07. The van der Waals surface area contributed by atoms with Crippen LogP contribution in [0.4, 0.5) is 5.69 Å². The van der Waals surface area contributed by atoms with Gasteiger partial charge in [-0.05, 0) is 23.9 Å². The van der Waals surface area contributed by atoms with Crippen molar-refractivity contribution in [2.45, 2.75) is 40.2 Å². The van der Waals surface area contributed by atoms with E-state index in [1.807, 2.05) is 6.92 Å². The Hall–Kier alpha value is -1.93. The van der Waals surface area contributed by atoms with Gasteiger partial charge in [-0.1, -0.05) is 33.8 Å². The highest BCUT2D eigenvalue weighted by atomic mass is 16.6. The van der Waals surface area contributed by atoms with E-state index in [1.165, 1.54) is 12.1 Å². The smallest absolute Gasteiger partial charge is 0.270 e. The lowest BCUT2D eigenvalue weighted by Crippen LogP contribution is -2.42. The van der Waals surface area contributed by atoms with E-state index in [0.717, 1.165) is 12.1 Å². The molecule has 1 aromatic rings. The molecule has 1 N–H and O–H groups in total. The van der Waals surface area contributed by atoms with E-state index in [9.17, 15) is 15.4 Å². The lowest BCUT2D eigenvalue weighted by molar-refractivity contribution is -0.384. The van der Waals surface area contributed by atoms with E-state index in [1.54, 1.807) is 6.07 Å². The van der Waals surface area contributed by atoms with Gasteiger partial charge in [0.1, 0.15) is 0 Å². The number of nitro groups is 1. The number of benzene rings is 1. The van der Waals surface area contributed by atoms with Gasteiger partial charge in [0.05, 0.1) is 16.6 Å². The molecule has 108 valence electrons. The Morgan fingerprint density at radius 3 is 2.55 bits per heavy atom. The van der Waals surface area contributed by atoms with Gasteiger partial charge >= 0.3 is 0 Å². The minimum atomic E-state index is -0.476. The number of rotatable bonds is 5. The van der Waals surface area contributed by atoms with Crippen molar-refractivity contribution < 1.29 is 4.92 Å². The van der Waals surface area contributed by atoms with Crippen LogP contribution in [-0.4, -0.2) is 17.5 Å². The number of nitro benzene ring substituents is 1. The molecule has 0 fully saturated rings. The van der Waals surface area contributed by atoms with E-state index in [4.69, 9.17) is 0 Å². The van der Waals surface area contributed by atoms with Gasteiger partial charge in [-0.15, -0.1) is 0 Å². The molecule has 1 aromatic carbocycles. The molecule has 1 rings (SSSR count). The zero-order chi connectivity index (χ0) is 15.3. The SMILES string of the molecule is CCNC(Cc1ccc([N+](=O)[O-])cc1C#N)C(C)(C)C. The zero-order valence-electron chi connectivity index (χ0n) is 12.4. The van der Waals surface area contributed by atoms with Crippen molar-refractivity contribution in [1.29, 1.82) is 5.26 Å². The summed E-state index contributed by atoms with van der Waals surface area (Å²) in [7, 11) is 0. The normalized spacial score (nSPS) is 12.8. The van der Waals surface area contributed by atoms with Crippen LogP contribution in [0.3, 0.4) is 0 Å². The van der Waals surface area contributed by atoms with Gasteiger partial charge in [-0.3, -0.25) is 10.1 Å². The van der Waals surface area contributed by atoms with Gasteiger partial charge in [-0.2, -0.15) is 5.26 Å². The fraction of sp³-hybridized carbons (Fsp3) is 0.533. The van der Waals surface area contributed by atoms with Crippen molar-refractivity contribution in [3.8, 4) is 6.07 Å². The van der Waals surface area contributed by atoms with Crippen LogP contribution in [0, 0.1) is 26.9 Å². The fourth-order valence-electron chi connectivity index (χ4n) is 2.11. The van der Waals surface area contributed by atoms with Crippen LogP contribution in [0.15, 0.2) is 18.2 Å². The average Bonchev–Trinajstić information content (AvgIpc) is 2.37. The minimum Gasteiger partial charge on any atom is -0.313 e. The van der Waals surface area contributed by atoms with Crippen molar-refractivity contribution in [3.63, 3.8) is 0 Å². The molecule has 0 aromatic heterocycles. The first-order valence-electron chi connectivity index (χ1n) is 6.70. The Morgan fingerprint density at radius 2 is 2.10 bits per heavy atom. The summed E-state index contributed by atoms with van der Waals surface area (Å²) in [6.07, 6.45) is 0.679. The molecule has 1 unspecified atom stereocenters. The van der Waals surface area contributed by atoms with E-state index in [2.05, 4.69) is 32.2 Å². The fourth-order valence-corrected chi connectivity index (χ4v) is 2.11. The van der Waals surface area contributed by atoms with E-state index in [0.29, 0.717) is 12.0 Å². The third-order valence-electron chi connectivity index (χ3n) is 3.34. The molecule has 0 heterocycles. The number of hydrogen-bond acceptors (Lipinski definition) is 4. The number of nitriles is 1. The molecule has 20 heavy (non-hydrogen) atoms. The molecule has 0 amide bonds. The first-order chi connectivity index (χ1) is 9.29. The van der Waals surface area contributed by atoms with Crippen LogP contribution in [0.5, 0.6) is 0 Å². The molecule has 0 spiro atoms. The Bertz CT molecular complexity index is 527. The number of nitrogens with one attached hydrogen (secondary N) is 1. The van der Waals surface area contributed by atoms with Gasteiger partial charge in [0.2, 0.25) is 0 Å². The Kier molecular flexibility index (Phi) is 5.23. The largest absolute Gasteiger partial charge is 0.313 e. The molecule has 0 aliphatic rings. The maximum Gasteiger partial charge on any atom is 0.270 e. The maximum absolute atomic E-state index is 10.7. The van der Waals surface area contributed by atoms with Crippen LogP contribution < -0.4 is 5.32 Å². The van der Waals surface area contributed by atoms with Crippen molar-refractivity contribution in [2.75, 3.05) is 6.54 Å². The Labute approximate surface area is 119 Å². The van der Waals surface area contributed by atoms with Gasteiger partial charge in [0.15, 0.2) is 0 Å². The second-order valence-corrected chi connectivity index (χ2v) is 5.89. The van der Waals surface area contributed by atoms with E-state index >= 15 is 0 Å². The van der Waals surface area contributed by atoms with Crippen LogP contribution in [-0.2, 0) is 6.42 Å². The quantitative estimate of drug-likeness (QED) is 0.661. The predicted molar refractivity (Wildman–Crippen MR) is 78.4 cm³/mol. The first-order valence-corrected chi connectivity index (χ1v) is 6.70. The standard InChI is InChI=1S/C15H21N3O2/c1-5-17-14(15(2,3)4)9-11-6-7-13(18(19)20)8-12(11)10-16/h6-8,14,17H,5,9H2,1-4H3. The third kappa shape index (κ3) is 4.04. The minimum absolute atomic E-state index is 0.0407. The molecule has 0 radical (unpaired) electrons. The molecule has 0 saturated heterocycles. The molecule has 5 heteroatoms. The summed E-state index contributed by atoms with van der Waals surface area (Å²) in [5.74, 6) is 0. The number of likely N-dealkylation sites (N-methyl/N-ethyl adjacent to an activating group) is 1. The summed E-state index contributed by atoms with van der Waals surface area (Å²) in [4.78, 5) is 10.3. The maximum atomic E-state index is 10.7. The molecule has 0 aliphatic heterocycles. The third-order valence-corrected chi connectivity index (χ3v) is 3.34. The molecule has 1 atom stereocenters. The second-order valence-electron chi connectivity index (χ2n) is 5.89. The van der Waals surface area contributed by atoms with Crippen molar-refractivity contribution in [3.05, 3.63) is 39.4 Å². The summed E-state index contributed by atoms with van der Waals surface area (Å²) in [6.45, 7) is 9.30. The van der Waals surface area contributed by atoms with Crippen molar-refractivity contribution in [2.24, 2.45) is 5.41 Å². The summed E-state index contributed by atoms with van der Waals surface area (Å²) in [5.41, 5.74) is 1.23. The van der Waals surface area contributed by atoms with Gasteiger partial charge < -0.3 is 5.32 Å². The monoisotopic (exact) mass is 275 g/mol. The zero-order valence-corrected chi connectivity index (χ0v) is 12.4. The molecular weight excluding hydrogens is 254 g/mol. The average molecular weight is 275 g/mol. The predicted octanol–water partition coefficient (Wildman–Crippen LogP) is 3.03. The Morgan fingerprint density at radius 1 is 1.45 bits per heavy atom. The van der Waals surface area contributed by atoms with E-state index < -0.39 is 4.92 Å². The van der Waals surface area contributed by atoms with Crippen LogP contribution in [0.25, 0.3) is 0 Å². The molecule has 0 bridgehead atoms. The van der Waals surface area contributed by atoms with Gasteiger partial charge in [-0.25, -0.2) is 0 Å². The highest BCUT2D eigenvalue weighted by Gasteiger charge is 2.25. The number of hydrogen-bond donors (Lipinski definition) is 1. The molecular formula is C15H21N3O2. The molecule has 5 nitrogen and oxygen atoms in total. The second kappa shape index (κ2) is 6.49. The highest BCUT2D eigenvalue weighted by Crippen LogP contribution is 2.25. The van der Waals surface area contributed by atoms with Crippen molar-refractivity contribution >= 4 is 5.69 Å². The summed E-state index contributed by atoms with van der Waals surface area (Å²) < 4.78 is 0. The van der Waals surface area contributed by atoms with Crippen LogP contribution >= 0.6 is 0 Å².